The minimum atomic E-state index is -0.304. The van der Waals surface area contributed by atoms with Gasteiger partial charge in [-0.15, -0.1) is 0 Å². The van der Waals surface area contributed by atoms with Gasteiger partial charge in [0.15, 0.2) is 0 Å². The van der Waals surface area contributed by atoms with Crippen LogP contribution in [0.2, 0.25) is 10.0 Å². The van der Waals surface area contributed by atoms with Gasteiger partial charge in [0.1, 0.15) is 5.75 Å². The van der Waals surface area contributed by atoms with Crippen molar-refractivity contribution in [3.05, 3.63) is 88.4 Å². The summed E-state index contributed by atoms with van der Waals surface area (Å²) < 4.78 is 5.20. The third kappa shape index (κ3) is 6.64. The number of urea groups is 1. The molecule has 3 aromatic carbocycles. The van der Waals surface area contributed by atoms with Gasteiger partial charge in [0, 0.05) is 40.1 Å². The molecule has 0 aliphatic rings. The molecule has 2 N–H and O–H groups in total. The number of amides is 3. The fraction of sp³-hybridized carbons (Fsp3) is 0.167. The molecule has 32 heavy (non-hydrogen) atoms. The summed E-state index contributed by atoms with van der Waals surface area (Å²) in [5.74, 6) is 0.500. The van der Waals surface area contributed by atoms with E-state index in [0.29, 0.717) is 52.2 Å². The van der Waals surface area contributed by atoms with Gasteiger partial charge in [-0.3, -0.25) is 9.69 Å². The second kappa shape index (κ2) is 11.4. The number of methoxy groups -OCH3 is 1. The molecule has 3 aromatic rings. The standard InChI is InChI=1S/C24H23Cl2N3O3/c1-32-22-12-10-21(11-13-22)29(24(31)28-20-5-2-4-19(26)16-20)15-3-14-27-23(30)17-6-8-18(25)9-7-17/h2,4-13,16H,3,14-15H2,1H3,(H,27,30)(H,28,31). The van der Waals surface area contributed by atoms with Crippen LogP contribution in [0.15, 0.2) is 72.8 Å². The summed E-state index contributed by atoms with van der Waals surface area (Å²) in [6.45, 7) is 0.790. The van der Waals surface area contributed by atoms with E-state index in [1.807, 2.05) is 12.1 Å². The molecule has 0 heterocycles. The number of hydrogen-bond acceptors (Lipinski definition) is 3. The second-order valence-corrected chi connectivity index (χ2v) is 7.78. The van der Waals surface area contributed by atoms with Gasteiger partial charge in [0.05, 0.1) is 7.11 Å². The van der Waals surface area contributed by atoms with E-state index in [1.165, 1.54) is 0 Å². The van der Waals surface area contributed by atoms with Gasteiger partial charge in [-0.2, -0.15) is 0 Å². The Morgan fingerprint density at radius 1 is 0.938 bits per heavy atom. The first-order valence-corrected chi connectivity index (χ1v) is 10.7. The van der Waals surface area contributed by atoms with Crippen molar-refractivity contribution in [1.29, 1.82) is 0 Å². The maximum Gasteiger partial charge on any atom is 0.326 e. The largest absolute Gasteiger partial charge is 0.497 e. The molecule has 3 amide bonds. The first-order valence-electron chi connectivity index (χ1n) is 9.98. The summed E-state index contributed by atoms with van der Waals surface area (Å²) in [4.78, 5) is 26.9. The van der Waals surface area contributed by atoms with Crippen LogP contribution in [0.25, 0.3) is 0 Å². The van der Waals surface area contributed by atoms with Crippen molar-refractivity contribution < 1.29 is 14.3 Å². The zero-order valence-electron chi connectivity index (χ0n) is 17.5. The normalized spacial score (nSPS) is 10.3. The first-order chi connectivity index (χ1) is 15.5. The summed E-state index contributed by atoms with van der Waals surface area (Å²) in [6.07, 6.45) is 0.550. The average molecular weight is 472 g/mol. The van der Waals surface area contributed by atoms with Crippen molar-refractivity contribution in [3.8, 4) is 5.75 Å². The Kier molecular flexibility index (Phi) is 8.36. The number of halogens is 2. The van der Waals surface area contributed by atoms with E-state index in [4.69, 9.17) is 27.9 Å². The molecule has 0 spiro atoms. The van der Waals surface area contributed by atoms with E-state index in [2.05, 4.69) is 10.6 Å². The lowest BCUT2D eigenvalue weighted by molar-refractivity contribution is 0.0953. The van der Waals surface area contributed by atoms with E-state index in [1.54, 1.807) is 72.7 Å². The summed E-state index contributed by atoms with van der Waals surface area (Å²) in [5.41, 5.74) is 1.83. The molecule has 0 aliphatic heterocycles. The van der Waals surface area contributed by atoms with Crippen LogP contribution in [0.5, 0.6) is 5.75 Å². The topological polar surface area (TPSA) is 70.7 Å². The lowest BCUT2D eigenvalue weighted by Gasteiger charge is -2.23. The Balaban J connectivity index is 1.64. The number of carbonyl (C=O) groups excluding carboxylic acids is 2. The molecule has 0 atom stereocenters. The van der Waals surface area contributed by atoms with Crippen LogP contribution in [0, 0.1) is 0 Å². The van der Waals surface area contributed by atoms with Crippen LogP contribution >= 0.6 is 23.2 Å². The fourth-order valence-electron chi connectivity index (χ4n) is 3.01. The Bertz CT molecular complexity index is 1060. The van der Waals surface area contributed by atoms with Crippen molar-refractivity contribution in [3.63, 3.8) is 0 Å². The van der Waals surface area contributed by atoms with Gasteiger partial charge in [0.25, 0.3) is 5.91 Å². The third-order valence-electron chi connectivity index (χ3n) is 4.66. The highest BCUT2D eigenvalue weighted by Crippen LogP contribution is 2.22. The molecule has 0 fully saturated rings. The molecule has 8 heteroatoms. The summed E-state index contributed by atoms with van der Waals surface area (Å²) >= 11 is 11.9. The summed E-state index contributed by atoms with van der Waals surface area (Å²) in [6, 6.07) is 20.5. The summed E-state index contributed by atoms with van der Waals surface area (Å²) in [5, 5.41) is 6.83. The molecule has 0 saturated carbocycles. The van der Waals surface area contributed by atoms with Crippen molar-refractivity contribution in [2.24, 2.45) is 0 Å². The molecule has 0 unspecified atom stereocenters. The quantitative estimate of drug-likeness (QED) is 0.404. The Hall–Kier alpha value is -3.22. The highest BCUT2D eigenvalue weighted by atomic mass is 35.5. The van der Waals surface area contributed by atoms with E-state index in [-0.39, 0.29) is 11.9 Å². The van der Waals surface area contributed by atoms with E-state index >= 15 is 0 Å². The monoisotopic (exact) mass is 471 g/mol. The molecule has 0 bridgehead atoms. The molecular weight excluding hydrogens is 449 g/mol. The van der Waals surface area contributed by atoms with Crippen LogP contribution in [0.4, 0.5) is 16.2 Å². The van der Waals surface area contributed by atoms with Gasteiger partial charge in [-0.25, -0.2) is 4.79 Å². The van der Waals surface area contributed by atoms with Crippen LogP contribution in [0.3, 0.4) is 0 Å². The SMILES string of the molecule is COc1ccc(N(CCCNC(=O)c2ccc(Cl)cc2)C(=O)Nc2cccc(Cl)c2)cc1. The van der Waals surface area contributed by atoms with Gasteiger partial charge < -0.3 is 15.4 Å². The highest BCUT2D eigenvalue weighted by molar-refractivity contribution is 6.31. The van der Waals surface area contributed by atoms with Gasteiger partial charge in [-0.05, 0) is 73.2 Å². The predicted octanol–water partition coefficient (Wildman–Crippen LogP) is 5.86. The lowest BCUT2D eigenvalue weighted by atomic mass is 10.2. The molecule has 166 valence electrons. The average Bonchev–Trinajstić information content (AvgIpc) is 2.79. The zero-order chi connectivity index (χ0) is 22.9. The van der Waals surface area contributed by atoms with Crippen molar-refractivity contribution in [2.45, 2.75) is 6.42 Å². The number of nitrogens with zero attached hydrogens (tertiary/aromatic N) is 1. The molecule has 3 rings (SSSR count). The highest BCUT2D eigenvalue weighted by Gasteiger charge is 2.16. The number of nitrogens with one attached hydrogen (secondary N) is 2. The Morgan fingerprint density at radius 2 is 1.66 bits per heavy atom. The molecule has 0 saturated heterocycles. The van der Waals surface area contributed by atoms with Gasteiger partial charge >= 0.3 is 6.03 Å². The third-order valence-corrected chi connectivity index (χ3v) is 5.14. The summed E-state index contributed by atoms with van der Waals surface area (Å²) in [7, 11) is 1.59. The van der Waals surface area contributed by atoms with Crippen LogP contribution < -0.4 is 20.3 Å². The number of carbonyl (C=O) groups is 2. The number of ether oxygens (including phenoxy) is 1. The predicted molar refractivity (Wildman–Crippen MR) is 129 cm³/mol. The maximum absolute atomic E-state index is 13.0. The van der Waals surface area contributed by atoms with Gasteiger partial charge in [-0.1, -0.05) is 29.3 Å². The zero-order valence-corrected chi connectivity index (χ0v) is 19.0. The molecule has 0 aliphatic carbocycles. The fourth-order valence-corrected chi connectivity index (χ4v) is 3.33. The first kappa shape index (κ1) is 23.4. The Morgan fingerprint density at radius 3 is 2.31 bits per heavy atom. The number of benzene rings is 3. The van der Waals surface area contributed by atoms with E-state index in [0.717, 1.165) is 0 Å². The van der Waals surface area contributed by atoms with Crippen molar-refractivity contribution >= 4 is 46.5 Å². The molecule has 0 radical (unpaired) electrons. The van der Waals surface area contributed by atoms with E-state index in [9.17, 15) is 9.59 Å². The van der Waals surface area contributed by atoms with Crippen LogP contribution in [0.1, 0.15) is 16.8 Å². The second-order valence-electron chi connectivity index (χ2n) is 6.91. The Labute approximate surface area is 197 Å². The number of anilines is 2. The smallest absolute Gasteiger partial charge is 0.326 e. The van der Waals surface area contributed by atoms with Crippen molar-refractivity contribution in [2.75, 3.05) is 30.4 Å². The maximum atomic E-state index is 13.0. The molecular formula is C24H23Cl2N3O3. The minimum absolute atomic E-state index is 0.193. The number of rotatable bonds is 8. The minimum Gasteiger partial charge on any atom is -0.497 e. The molecule has 0 aromatic heterocycles. The van der Waals surface area contributed by atoms with Gasteiger partial charge in [0.2, 0.25) is 0 Å². The van der Waals surface area contributed by atoms with Crippen molar-refractivity contribution in [1.82, 2.24) is 5.32 Å². The van der Waals surface area contributed by atoms with E-state index < -0.39 is 0 Å². The van der Waals surface area contributed by atoms with Crippen LogP contribution in [-0.2, 0) is 0 Å². The number of hydrogen-bond donors (Lipinski definition) is 2. The molecule has 6 nitrogen and oxygen atoms in total. The van der Waals surface area contributed by atoms with Crippen LogP contribution in [-0.4, -0.2) is 32.1 Å². The lowest BCUT2D eigenvalue weighted by Crippen LogP contribution is -2.37.